The minimum atomic E-state index is -3.76. The zero-order valence-corrected chi connectivity index (χ0v) is 19.4. The molecule has 1 amide bonds. The molecule has 2 aromatic rings. The molecule has 0 radical (unpaired) electrons. The fourth-order valence-corrected chi connectivity index (χ4v) is 5.03. The summed E-state index contributed by atoms with van der Waals surface area (Å²) in [6.45, 7) is 2.25. The van der Waals surface area contributed by atoms with E-state index in [9.17, 15) is 18.3 Å². The molecular formula is C22H24N2O6S2. The lowest BCUT2D eigenvalue weighted by molar-refractivity contribution is -0.131. The van der Waals surface area contributed by atoms with Crippen molar-refractivity contribution in [2.75, 3.05) is 19.5 Å². The molecular weight excluding hydrogens is 452 g/mol. The average Bonchev–Trinajstić information content (AvgIpc) is 3.16. The Balaban J connectivity index is 1.74. The van der Waals surface area contributed by atoms with Gasteiger partial charge in [0.1, 0.15) is 10.3 Å². The first-order chi connectivity index (χ1) is 15.1. The summed E-state index contributed by atoms with van der Waals surface area (Å²) >= 11 is 1.39. The number of benzene rings is 1. The fourth-order valence-electron chi connectivity index (χ4n) is 3.17. The van der Waals surface area contributed by atoms with E-state index >= 15 is 0 Å². The molecule has 3 N–H and O–H groups in total. The second-order valence-corrected chi connectivity index (χ2v) is 11.4. The van der Waals surface area contributed by atoms with Crippen molar-refractivity contribution in [3.8, 4) is 23.7 Å². The first-order valence-corrected chi connectivity index (χ1v) is 12.6. The standard InChI is InChI=1S/C22H24N2O6S2/c1-21(20(25)24-27,32(2,28)29)10-8-19-23-17-7-6-16(15-18(17)31-19)5-3-4-9-22(26)11-13-30-14-12-22/h6-7,15,26-27H,8,10-14H2,1-2H3,(H,24,25)/t21-/m1/s1. The number of hydrogen-bond acceptors (Lipinski definition) is 8. The van der Waals surface area contributed by atoms with Gasteiger partial charge in [0.15, 0.2) is 9.84 Å². The topological polar surface area (TPSA) is 126 Å². The summed E-state index contributed by atoms with van der Waals surface area (Å²) in [5, 5.41) is 19.9. The highest BCUT2D eigenvalue weighted by molar-refractivity contribution is 7.92. The summed E-state index contributed by atoms with van der Waals surface area (Å²) in [5.74, 6) is 10.3. The third-order valence-electron chi connectivity index (χ3n) is 5.53. The number of rotatable bonds is 5. The van der Waals surface area contributed by atoms with E-state index in [1.807, 2.05) is 18.2 Å². The van der Waals surface area contributed by atoms with E-state index in [0.29, 0.717) is 31.1 Å². The molecule has 0 spiro atoms. The highest BCUT2D eigenvalue weighted by atomic mass is 32.2. The van der Waals surface area contributed by atoms with Gasteiger partial charge in [0, 0.05) is 31.1 Å². The van der Waals surface area contributed by atoms with Crippen molar-refractivity contribution in [2.45, 2.75) is 43.0 Å². The Morgan fingerprint density at radius 2 is 2.06 bits per heavy atom. The molecule has 1 saturated heterocycles. The van der Waals surface area contributed by atoms with E-state index in [4.69, 9.17) is 9.94 Å². The number of nitrogens with one attached hydrogen (secondary N) is 1. The Bertz CT molecular complexity index is 1240. The summed E-state index contributed by atoms with van der Waals surface area (Å²) in [4.78, 5) is 16.5. The maximum atomic E-state index is 12.1. The van der Waals surface area contributed by atoms with Gasteiger partial charge in [-0.15, -0.1) is 11.3 Å². The minimum absolute atomic E-state index is 0.0196. The SMILES string of the molecule is C[C@@](CCc1nc2ccc(C#CC#CC3(O)CCOCC3)cc2s1)(C(=O)NO)S(C)(=O)=O. The van der Waals surface area contributed by atoms with Crippen LogP contribution >= 0.6 is 11.3 Å². The number of aryl methyl sites for hydroxylation is 1. The number of carbonyl (C=O) groups excluding carboxylic acids is 1. The summed E-state index contributed by atoms with van der Waals surface area (Å²) in [6, 6.07) is 5.49. The third kappa shape index (κ3) is 5.47. The predicted octanol–water partition coefficient (Wildman–Crippen LogP) is 1.43. The lowest BCUT2D eigenvalue weighted by Crippen LogP contribution is -2.49. The van der Waals surface area contributed by atoms with Gasteiger partial charge in [0.25, 0.3) is 5.91 Å². The molecule has 0 unspecified atom stereocenters. The smallest absolute Gasteiger partial charge is 0.264 e. The zero-order chi connectivity index (χ0) is 23.4. The Labute approximate surface area is 190 Å². The lowest BCUT2D eigenvalue weighted by Gasteiger charge is -2.26. The summed E-state index contributed by atoms with van der Waals surface area (Å²) in [7, 11) is -3.76. The monoisotopic (exact) mass is 476 g/mol. The Kier molecular flexibility index (Phi) is 7.23. The quantitative estimate of drug-likeness (QED) is 0.339. The number of sulfone groups is 1. The molecule has 1 aromatic heterocycles. The highest BCUT2D eigenvalue weighted by Crippen LogP contribution is 2.28. The zero-order valence-electron chi connectivity index (χ0n) is 17.8. The summed E-state index contributed by atoms with van der Waals surface area (Å²) in [5.41, 5.74) is 1.88. The molecule has 3 rings (SSSR count). The van der Waals surface area contributed by atoms with Crippen LogP contribution in [0.3, 0.4) is 0 Å². The minimum Gasteiger partial charge on any atom is -0.381 e. The number of carbonyl (C=O) groups is 1. The number of thiazole rings is 1. The van der Waals surface area contributed by atoms with Gasteiger partial charge < -0.3 is 9.84 Å². The molecule has 1 aliphatic rings. The number of aromatic nitrogens is 1. The Hall–Kier alpha value is -2.47. The fraction of sp³-hybridized carbons (Fsp3) is 0.455. The van der Waals surface area contributed by atoms with Crippen LogP contribution in [-0.2, 0) is 25.8 Å². The molecule has 10 heteroatoms. The van der Waals surface area contributed by atoms with Crippen LogP contribution in [0.1, 0.15) is 36.8 Å². The van der Waals surface area contributed by atoms with Crippen LogP contribution in [0.25, 0.3) is 10.2 Å². The van der Waals surface area contributed by atoms with Crippen molar-refractivity contribution in [3.05, 3.63) is 28.8 Å². The second-order valence-electron chi connectivity index (χ2n) is 7.88. The molecule has 0 saturated carbocycles. The van der Waals surface area contributed by atoms with Gasteiger partial charge >= 0.3 is 0 Å². The lowest BCUT2D eigenvalue weighted by atomic mass is 9.95. The van der Waals surface area contributed by atoms with Gasteiger partial charge in [-0.2, -0.15) is 0 Å². The maximum absolute atomic E-state index is 12.1. The number of amides is 1. The van der Waals surface area contributed by atoms with Crippen molar-refractivity contribution in [1.82, 2.24) is 10.5 Å². The first kappa shape index (κ1) is 24.2. The van der Waals surface area contributed by atoms with Crippen LogP contribution in [0.15, 0.2) is 18.2 Å². The molecule has 0 aliphatic carbocycles. The van der Waals surface area contributed by atoms with E-state index in [0.717, 1.165) is 22.0 Å². The van der Waals surface area contributed by atoms with Gasteiger partial charge in [-0.25, -0.2) is 18.9 Å². The van der Waals surface area contributed by atoms with Crippen LogP contribution in [0.4, 0.5) is 0 Å². The average molecular weight is 477 g/mol. The molecule has 1 atom stereocenters. The summed E-state index contributed by atoms with van der Waals surface area (Å²) < 4.78 is 28.5. The molecule has 32 heavy (non-hydrogen) atoms. The normalized spacial score (nSPS) is 17.4. The van der Waals surface area contributed by atoms with Crippen LogP contribution in [0.5, 0.6) is 0 Å². The number of nitrogens with zero attached hydrogens (tertiary/aromatic N) is 1. The van der Waals surface area contributed by atoms with E-state index < -0.39 is 26.1 Å². The van der Waals surface area contributed by atoms with Crippen molar-refractivity contribution in [1.29, 1.82) is 0 Å². The van der Waals surface area contributed by atoms with Gasteiger partial charge in [-0.05, 0) is 43.4 Å². The van der Waals surface area contributed by atoms with E-state index in [1.54, 1.807) is 0 Å². The second kappa shape index (κ2) is 9.57. The van der Waals surface area contributed by atoms with E-state index in [2.05, 4.69) is 28.7 Å². The van der Waals surface area contributed by atoms with Crippen molar-refractivity contribution in [2.24, 2.45) is 0 Å². The number of aliphatic hydroxyl groups is 1. The van der Waals surface area contributed by atoms with Crippen molar-refractivity contribution >= 4 is 37.3 Å². The van der Waals surface area contributed by atoms with Gasteiger partial charge in [-0.3, -0.25) is 10.0 Å². The third-order valence-corrected chi connectivity index (χ3v) is 8.64. The van der Waals surface area contributed by atoms with Gasteiger partial charge in [0.2, 0.25) is 0 Å². The van der Waals surface area contributed by atoms with Crippen molar-refractivity contribution < 1.29 is 28.3 Å². The molecule has 2 heterocycles. The molecule has 0 bridgehead atoms. The number of fused-ring (bicyclic) bond motifs is 1. The van der Waals surface area contributed by atoms with Crippen LogP contribution in [0.2, 0.25) is 0 Å². The number of hydrogen-bond donors (Lipinski definition) is 3. The van der Waals surface area contributed by atoms with Gasteiger partial charge in [-0.1, -0.05) is 11.8 Å². The molecule has 8 nitrogen and oxygen atoms in total. The molecule has 1 aliphatic heterocycles. The number of ether oxygens (including phenoxy) is 1. The summed E-state index contributed by atoms with van der Waals surface area (Å²) in [6.07, 6.45) is 2.14. The Morgan fingerprint density at radius 1 is 1.34 bits per heavy atom. The van der Waals surface area contributed by atoms with E-state index in [-0.39, 0.29) is 12.8 Å². The van der Waals surface area contributed by atoms with Crippen molar-refractivity contribution in [3.63, 3.8) is 0 Å². The largest absolute Gasteiger partial charge is 0.381 e. The maximum Gasteiger partial charge on any atom is 0.264 e. The molecule has 170 valence electrons. The molecule has 1 aromatic carbocycles. The predicted molar refractivity (Wildman–Crippen MR) is 121 cm³/mol. The van der Waals surface area contributed by atoms with Crippen LogP contribution in [-0.4, -0.2) is 59.4 Å². The first-order valence-electron chi connectivity index (χ1n) is 9.93. The number of hydroxylamine groups is 1. The van der Waals surface area contributed by atoms with Crippen LogP contribution in [0, 0.1) is 23.7 Å². The van der Waals surface area contributed by atoms with Gasteiger partial charge in [0.05, 0.1) is 28.4 Å². The highest BCUT2D eigenvalue weighted by Gasteiger charge is 2.43. The van der Waals surface area contributed by atoms with E-state index in [1.165, 1.54) is 23.7 Å². The van der Waals surface area contributed by atoms with Crippen LogP contribution < -0.4 is 5.48 Å². The Morgan fingerprint density at radius 3 is 2.72 bits per heavy atom. The molecule has 1 fully saturated rings.